The molecule has 0 heterocycles. The van der Waals surface area contributed by atoms with Crippen LogP contribution in [0, 0.1) is 6.92 Å². The zero-order valence-electron chi connectivity index (χ0n) is 17.5. The average Bonchev–Trinajstić information content (AvgIpc) is 2.60. The lowest BCUT2D eigenvalue weighted by Gasteiger charge is -2.23. The number of hydrogen-bond donors (Lipinski definition) is 2. The monoisotopic (exact) mass is 366 g/mol. The molecule has 0 fully saturated rings. The van der Waals surface area contributed by atoms with Crippen LogP contribution in [-0.2, 0) is 11.8 Å². The summed E-state index contributed by atoms with van der Waals surface area (Å²) in [5.74, 6) is 0.776. The summed E-state index contributed by atoms with van der Waals surface area (Å²) >= 11 is 0. The third kappa shape index (κ3) is 5.89. The van der Waals surface area contributed by atoms with E-state index in [0.29, 0.717) is 11.5 Å². The summed E-state index contributed by atoms with van der Waals surface area (Å²) in [6, 6.07) is 9.82. The Morgan fingerprint density at radius 1 is 0.889 bits per heavy atom. The highest BCUT2D eigenvalue weighted by atomic mass is 16.3. The standard InChI is InChI=1S/C25H34O2/c1-6-7-8-9-10-21-16-20(17-22(24(21)27)25(3,4)5)12-11-19-13-14-23(26)18(2)15-19/h11-17,26-27H,6-10H2,1-5H3/b12-11+. The van der Waals surface area contributed by atoms with Crippen LogP contribution >= 0.6 is 0 Å². The quantitative estimate of drug-likeness (QED) is 0.409. The van der Waals surface area contributed by atoms with E-state index in [0.717, 1.165) is 40.7 Å². The molecule has 0 aliphatic heterocycles. The molecule has 0 atom stereocenters. The van der Waals surface area contributed by atoms with E-state index >= 15 is 0 Å². The summed E-state index contributed by atoms with van der Waals surface area (Å²) < 4.78 is 0. The highest BCUT2D eigenvalue weighted by Gasteiger charge is 2.20. The minimum Gasteiger partial charge on any atom is -0.508 e. The van der Waals surface area contributed by atoms with Gasteiger partial charge in [0.15, 0.2) is 0 Å². The molecule has 0 bridgehead atoms. The molecule has 2 heteroatoms. The van der Waals surface area contributed by atoms with Crippen molar-refractivity contribution in [2.45, 2.75) is 72.1 Å². The average molecular weight is 367 g/mol. The van der Waals surface area contributed by atoms with Crippen molar-refractivity contribution in [3.8, 4) is 11.5 Å². The van der Waals surface area contributed by atoms with Gasteiger partial charge in [-0.25, -0.2) is 0 Å². The SMILES string of the molecule is CCCCCCc1cc(/C=C/c2ccc(O)c(C)c2)cc(C(C)(C)C)c1O. The van der Waals surface area contributed by atoms with Crippen molar-refractivity contribution in [1.82, 2.24) is 0 Å². The van der Waals surface area contributed by atoms with E-state index in [1.54, 1.807) is 6.07 Å². The van der Waals surface area contributed by atoms with Crippen molar-refractivity contribution >= 4 is 12.2 Å². The largest absolute Gasteiger partial charge is 0.508 e. The lowest BCUT2D eigenvalue weighted by molar-refractivity contribution is 0.439. The molecule has 0 spiro atoms. The van der Waals surface area contributed by atoms with Gasteiger partial charge < -0.3 is 10.2 Å². The van der Waals surface area contributed by atoms with Crippen molar-refractivity contribution in [1.29, 1.82) is 0 Å². The molecule has 0 aliphatic carbocycles. The van der Waals surface area contributed by atoms with Crippen molar-refractivity contribution in [3.05, 3.63) is 58.1 Å². The second kappa shape index (κ2) is 9.12. The molecule has 2 aromatic rings. The third-order valence-electron chi connectivity index (χ3n) is 5.01. The summed E-state index contributed by atoms with van der Waals surface area (Å²) in [5.41, 5.74) is 4.96. The van der Waals surface area contributed by atoms with E-state index in [4.69, 9.17) is 0 Å². The van der Waals surface area contributed by atoms with Crippen LogP contribution in [-0.4, -0.2) is 10.2 Å². The molecule has 0 amide bonds. The predicted octanol–water partition coefficient (Wildman–Crippen LogP) is 7.00. The molecule has 27 heavy (non-hydrogen) atoms. The first-order valence-electron chi connectivity index (χ1n) is 10.1. The van der Waals surface area contributed by atoms with E-state index in [-0.39, 0.29) is 5.41 Å². The molecule has 0 aromatic heterocycles. The molecular weight excluding hydrogens is 332 g/mol. The number of phenols is 2. The Bertz CT molecular complexity index is 795. The third-order valence-corrected chi connectivity index (χ3v) is 5.01. The van der Waals surface area contributed by atoms with Gasteiger partial charge in [-0.05, 0) is 71.7 Å². The van der Waals surface area contributed by atoms with Crippen LogP contribution in [0.15, 0.2) is 30.3 Å². The highest BCUT2D eigenvalue weighted by molar-refractivity contribution is 5.72. The Balaban J connectivity index is 2.33. The normalized spacial score (nSPS) is 12.0. The minimum absolute atomic E-state index is 0.110. The van der Waals surface area contributed by atoms with E-state index in [1.807, 2.05) is 19.1 Å². The van der Waals surface area contributed by atoms with Gasteiger partial charge in [0.05, 0.1) is 0 Å². The molecular formula is C25H34O2. The number of hydrogen-bond acceptors (Lipinski definition) is 2. The van der Waals surface area contributed by atoms with Gasteiger partial charge in [0.2, 0.25) is 0 Å². The van der Waals surface area contributed by atoms with Crippen LogP contribution in [0.5, 0.6) is 11.5 Å². The number of phenolic OH excluding ortho intramolecular Hbond substituents is 2. The van der Waals surface area contributed by atoms with E-state index in [9.17, 15) is 10.2 Å². The van der Waals surface area contributed by atoms with Gasteiger partial charge in [0.1, 0.15) is 11.5 Å². The second-order valence-electron chi connectivity index (χ2n) is 8.52. The van der Waals surface area contributed by atoms with Gasteiger partial charge in [0.25, 0.3) is 0 Å². The number of aromatic hydroxyl groups is 2. The van der Waals surface area contributed by atoms with Crippen LogP contribution in [0.4, 0.5) is 0 Å². The lowest BCUT2D eigenvalue weighted by Crippen LogP contribution is -2.12. The molecule has 146 valence electrons. The number of rotatable bonds is 7. The van der Waals surface area contributed by atoms with Crippen LogP contribution in [0.3, 0.4) is 0 Å². The van der Waals surface area contributed by atoms with E-state index in [2.05, 4.69) is 52.0 Å². The topological polar surface area (TPSA) is 40.5 Å². The first-order chi connectivity index (χ1) is 12.7. The smallest absolute Gasteiger partial charge is 0.122 e. The van der Waals surface area contributed by atoms with Gasteiger partial charge in [-0.1, -0.05) is 65.2 Å². The fourth-order valence-corrected chi connectivity index (χ4v) is 3.29. The van der Waals surface area contributed by atoms with Crippen LogP contribution in [0.25, 0.3) is 12.2 Å². The van der Waals surface area contributed by atoms with Gasteiger partial charge in [-0.15, -0.1) is 0 Å². The highest BCUT2D eigenvalue weighted by Crippen LogP contribution is 2.35. The van der Waals surface area contributed by atoms with E-state index in [1.165, 1.54) is 19.3 Å². The number of unbranched alkanes of at least 4 members (excludes halogenated alkanes) is 3. The predicted molar refractivity (Wildman–Crippen MR) is 116 cm³/mol. The maximum absolute atomic E-state index is 10.8. The summed E-state index contributed by atoms with van der Waals surface area (Å²) in [6.07, 6.45) is 9.83. The summed E-state index contributed by atoms with van der Waals surface area (Å²) in [5, 5.41) is 20.5. The Kier molecular flexibility index (Phi) is 7.12. The van der Waals surface area contributed by atoms with E-state index < -0.39 is 0 Å². The number of benzene rings is 2. The summed E-state index contributed by atoms with van der Waals surface area (Å²) in [6.45, 7) is 10.5. The Hall–Kier alpha value is -2.22. The maximum atomic E-state index is 10.8. The molecule has 2 nitrogen and oxygen atoms in total. The zero-order valence-corrected chi connectivity index (χ0v) is 17.5. The second-order valence-corrected chi connectivity index (χ2v) is 8.52. The Morgan fingerprint density at radius 3 is 2.22 bits per heavy atom. The molecule has 0 aliphatic rings. The molecule has 2 aromatic carbocycles. The Labute approximate surface area is 164 Å². The fraction of sp³-hybridized carbons (Fsp3) is 0.440. The van der Waals surface area contributed by atoms with Crippen LogP contribution in [0.2, 0.25) is 0 Å². The molecule has 0 saturated carbocycles. The summed E-state index contributed by atoms with van der Waals surface area (Å²) in [7, 11) is 0. The first kappa shape index (κ1) is 21.1. The van der Waals surface area contributed by atoms with Gasteiger partial charge in [0, 0.05) is 5.56 Å². The van der Waals surface area contributed by atoms with Gasteiger partial charge >= 0.3 is 0 Å². The van der Waals surface area contributed by atoms with Gasteiger partial charge in [-0.2, -0.15) is 0 Å². The Morgan fingerprint density at radius 2 is 1.59 bits per heavy atom. The molecule has 0 unspecified atom stereocenters. The number of aryl methyl sites for hydroxylation is 2. The first-order valence-corrected chi connectivity index (χ1v) is 10.1. The fourth-order valence-electron chi connectivity index (χ4n) is 3.29. The van der Waals surface area contributed by atoms with Gasteiger partial charge in [-0.3, -0.25) is 0 Å². The van der Waals surface area contributed by atoms with Crippen molar-refractivity contribution < 1.29 is 10.2 Å². The molecule has 0 radical (unpaired) electrons. The molecule has 2 N–H and O–H groups in total. The molecule has 2 rings (SSSR count). The van der Waals surface area contributed by atoms with Crippen molar-refractivity contribution in [3.63, 3.8) is 0 Å². The van der Waals surface area contributed by atoms with Crippen molar-refractivity contribution in [2.24, 2.45) is 0 Å². The maximum Gasteiger partial charge on any atom is 0.122 e. The van der Waals surface area contributed by atoms with Crippen molar-refractivity contribution in [2.75, 3.05) is 0 Å². The minimum atomic E-state index is -0.110. The summed E-state index contributed by atoms with van der Waals surface area (Å²) in [4.78, 5) is 0. The van der Waals surface area contributed by atoms with Crippen LogP contribution < -0.4 is 0 Å². The van der Waals surface area contributed by atoms with Crippen LogP contribution in [0.1, 0.15) is 81.2 Å². The lowest BCUT2D eigenvalue weighted by atomic mass is 9.83. The zero-order chi connectivity index (χ0) is 20.0. The molecule has 0 saturated heterocycles.